The predicted octanol–water partition coefficient (Wildman–Crippen LogP) is 3.35. The number of fused-ring (bicyclic) bond motifs is 1. The molecule has 2 aromatic carbocycles. The van der Waals surface area contributed by atoms with Crippen LogP contribution in [0.15, 0.2) is 54.6 Å². The van der Waals surface area contributed by atoms with Gasteiger partial charge in [-0.25, -0.2) is 0 Å². The van der Waals surface area contributed by atoms with E-state index in [0.717, 1.165) is 35.6 Å². The molecule has 2 aromatic rings. The minimum absolute atomic E-state index is 0.0450. The van der Waals surface area contributed by atoms with Gasteiger partial charge in [-0.1, -0.05) is 54.6 Å². The summed E-state index contributed by atoms with van der Waals surface area (Å²) >= 11 is 0. The molecule has 0 saturated heterocycles. The Morgan fingerprint density at radius 1 is 1.18 bits per heavy atom. The van der Waals surface area contributed by atoms with Gasteiger partial charge in [-0.15, -0.1) is 0 Å². The fourth-order valence-corrected chi connectivity index (χ4v) is 3.02. The molecule has 0 unspecified atom stereocenters. The molecule has 0 spiro atoms. The fourth-order valence-electron chi connectivity index (χ4n) is 3.02. The summed E-state index contributed by atoms with van der Waals surface area (Å²) in [5.41, 5.74) is 0.863. The van der Waals surface area contributed by atoms with Crippen LogP contribution in [0.5, 0.6) is 0 Å². The van der Waals surface area contributed by atoms with E-state index in [1.54, 1.807) is 0 Å². The predicted molar refractivity (Wildman–Crippen MR) is 88.4 cm³/mol. The van der Waals surface area contributed by atoms with Gasteiger partial charge < -0.3 is 10.4 Å². The summed E-state index contributed by atoms with van der Waals surface area (Å²) in [5.74, 6) is 0.0911. The van der Waals surface area contributed by atoms with Crippen molar-refractivity contribution in [3.05, 3.63) is 60.2 Å². The van der Waals surface area contributed by atoms with Crippen LogP contribution in [0.1, 0.15) is 30.9 Å². The lowest BCUT2D eigenvalue weighted by atomic mass is 9.93. The Hall–Kier alpha value is -2.13. The van der Waals surface area contributed by atoms with Crippen molar-refractivity contribution < 1.29 is 9.90 Å². The Morgan fingerprint density at radius 3 is 2.82 bits per heavy atom. The van der Waals surface area contributed by atoms with Crippen molar-refractivity contribution in [3.63, 3.8) is 0 Å². The number of carbonyl (C=O) groups excluding carboxylic acids is 1. The second kappa shape index (κ2) is 6.75. The topological polar surface area (TPSA) is 49.3 Å². The summed E-state index contributed by atoms with van der Waals surface area (Å²) in [4.78, 5) is 12.1. The Labute approximate surface area is 130 Å². The maximum Gasteiger partial charge on any atom is 0.223 e. The Kier molecular flexibility index (Phi) is 4.54. The molecule has 0 fully saturated rings. The van der Waals surface area contributed by atoms with Gasteiger partial charge in [0.2, 0.25) is 5.91 Å². The number of carbonyl (C=O) groups is 1. The Bertz CT molecular complexity index is 687. The molecule has 0 radical (unpaired) electrons. The van der Waals surface area contributed by atoms with Crippen LogP contribution in [0.2, 0.25) is 0 Å². The number of allylic oxidation sites excluding steroid dienone is 2. The first-order valence-electron chi connectivity index (χ1n) is 7.84. The molecule has 0 saturated carbocycles. The van der Waals surface area contributed by atoms with Crippen LogP contribution < -0.4 is 5.32 Å². The average Bonchev–Trinajstić information content (AvgIpc) is 2.59. The van der Waals surface area contributed by atoms with E-state index in [1.807, 2.05) is 42.5 Å². The van der Waals surface area contributed by atoms with E-state index >= 15 is 0 Å². The second-order valence-corrected chi connectivity index (χ2v) is 5.81. The first-order valence-corrected chi connectivity index (χ1v) is 7.84. The van der Waals surface area contributed by atoms with E-state index in [4.69, 9.17) is 0 Å². The lowest BCUT2D eigenvalue weighted by molar-refractivity contribution is -0.125. The zero-order chi connectivity index (χ0) is 15.4. The largest absolute Gasteiger partial charge is 0.387 e. The fraction of sp³-hybridized carbons (Fsp3) is 0.316. The highest BCUT2D eigenvalue weighted by molar-refractivity contribution is 5.86. The van der Waals surface area contributed by atoms with Gasteiger partial charge in [-0.3, -0.25) is 4.79 Å². The van der Waals surface area contributed by atoms with Crippen molar-refractivity contribution in [2.45, 2.75) is 25.4 Å². The number of aliphatic hydroxyl groups excluding tert-OH is 1. The summed E-state index contributed by atoms with van der Waals surface area (Å²) < 4.78 is 0. The van der Waals surface area contributed by atoms with Crippen LogP contribution in [0.3, 0.4) is 0 Å². The smallest absolute Gasteiger partial charge is 0.223 e. The molecule has 1 aliphatic carbocycles. The van der Waals surface area contributed by atoms with Gasteiger partial charge in [0.25, 0.3) is 0 Å². The van der Waals surface area contributed by atoms with Gasteiger partial charge in [0.05, 0.1) is 6.10 Å². The first kappa shape index (κ1) is 14.8. The lowest BCUT2D eigenvalue weighted by Gasteiger charge is -2.19. The monoisotopic (exact) mass is 295 g/mol. The highest BCUT2D eigenvalue weighted by Crippen LogP contribution is 2.24. The van der Waals surface area contributed by atoms with Crippen LogP contribution in [-0.2, 0) is 4.79 Å². The zero-order valence-corrected chi connectivity index (χ0v) is 12.5. The van der Waals surface area contributed by atoms with Gasteiger partial charge in [0.1, 0.15) is 0 Å². The van der Waals surface area contributed by atoms with Crippen molar-refractivity contribution in [2.75, 3.05) is 6.54 Å². The normalized spacial score (nSPS) is 19.0. The van der Waals surface area contributed by atoms with E-state index in [-0.39, 0.29) is 18.4 Å². The Balaban J connectivity index is 1.67. The summed E-state index contributed by atoms with van der Waals surface area (Å²) in [6.07, 6.45) is 6.16. The average molecular weight is 295 g/mol. The molecule has 0 aromatic heterocycles. The van der Waals surface area contributed by atoms with Crippen molar-refractivity contribution in [1.29, 1.82) is 0 Å². The van der Waals surface area contributed by atoms with E-state index in [0.29, 0.717) is 0 Å². The summed E-state index contributed by atoms with van der Waals surface area (Å²) in [7, 11) is 0. The lowest BCUT2D eigenvalue weighted by Crippen LogP contribution is -2.34. The number of rotatable bonds is 4. The maximum atomic E-state index is 12.1. The number of nitrogens with one attached hydrogen (secondary N) is 1. The summed E-state index contributed by atoms with van der Waals surface area (Å²) in [6, 6.07) is 13.9. The molecule has 0 bridgehead atoms. The SMILES string of the molecule is O=C(NC[C@@H](O)c1cccc2ccccc12)[C@@H]1CC=CCC1. The summed E-state index contributed by atoms with van der Waals surface area (Å²) in [6.45, 7) is 0.257. The molecule has 3 heteroatoms. The molecule has 2 N–H and O–H groups in total. The van der Waals surface area contributed by atoms with Gasteiger partial charge in [-0.2, -0.15) is 0 Å². The molecule has 2 atom stereocenters. The standard InChI is InChI=1S/C19H21NO2/c21-18(13-20-19(22)15-8-2-1-3-9-15)17-12-6-10-14-7-4-5-11-16(14)17/h1-2,4-7,10-12,15,18,21H,3,8-9,13H2,(H,20,22)/t15-,18-/m1/s1. The number of aliphatic hydroxyl groups is 1. The maximum absolute atomic E-state index is 12.1. The molecular formula is C19H21NO2. The third kappa shape index (κ3) is 3.20. The quantitative estimate of drug-likeness (QED) is 0.850. The van der Waals surface area contributed by atoms with Gasteiger partial charge >= 0.3 is 0 Å². The molecule has 22 heavy (non-hydrogen) atoms. The molecular weight excluding hydrogens is 274 g/mol. The highest BCUT2D eigenvalue weighted by atomic mass is 16.3. The number of benzene rings is 2. The van der Waals surface area contributed by atoms with Crippen molar-refractivity contribution >= 4 is 16.7 Å². The van der Waals surface area contributed by atoms with Crippen LogP contribution in [0.25, 0.3) is 10.8 Å². The molecule has 3 rings (SSSR count). The third-order valence-electron chi connectivity index (χ3n) is 4.29. The van der Waals surface area contributed by atoms with Gasteiger partial charge in [0.15, 0.2) is 0 Å². The van der Waals surface area contributed by atoms with Crippen LogP contribution in [0.4, 0.5) is 0 Å². The number of hydrogen-bond acceptors (Lipinski definition) is 2. The molecule has 1 aliphatic rings. The van der Waals surface area contributed by atoms with Crippen LogP contribution >= 0.6 is 0 Å². The molecule has 0 heterocycles. The minimum Gasteiger partial charge on any atom is -0.387 e. The molecule has 3 nitrogen and oxygen atoms in total. The van der Waals surface area contributed by atoms with E-state index < -0.39 is 6.10 Å². The summed E-state index contributed by atoms with van der Waals surface area (Å²) in [5, 5.41) is 15.5. The molecule has 1 amide bonds. The van der Waals surface area contributed by atoms with E-state index in [9.17, 15) is 9.90 Å². The van der Waals surface area contributed by atoms with Gasteiger partial charge in [0, 0.05) is 12.5 Å². The first-order chi connectivity index (χ1) is 10.8. The van der Waals surface area contributed by atoms with Crippen LogP contribution in [-0.4, -0.2) is 17.6 Å². The third-order valence-corrected chi connectivity index (χ3v) is 4.29. The van der Waals surface area contributed by atoms with Crippen molar-refractivity contribution in [1.82, 2.24) is 5.32 Å². The van der Waals surface area contributed by atoms with Crippen LogP contribution in [0, 0.1) is 5.92 Å². The molecule has 0 aliphatic heterocycles. The van der Waals surface area contributed by atoms with Crippen molar-refractivity contribution in [2.24, 2.45) is 5.92 Å². The molecule has 114 valence electrons. The second-order valence-electron chi connectivity index (χ2n) is 5.81. The minimum atomic E-state index is -0.686. The van der Waals surface area contributed by atoms with Gasteiger partial charge in [-0.05, 0) is 35.6 Å². The highest BCUT2D eigenvalue weighted by Gasteiger charge is 2.20. The van der Waals surface area contributed by atoms with E-state index in [1.165, 1.54) is 0 Å². The number of hydrogen-bond donors (Lipinski definition) is 2. The number of amides is 1. The van der Waals surface area contributed by atoms with E-state index in [2.05, 4.69) is 17.5 Å². The Morgan fingerprint density at radius 2 is 2.00 bits per heavy atom. The zero-order valence-electron chi connectivity index (χ0n) is 12.5. The van der Waals surface area contributed by atoms with Crippen molar-refractivity contribution in [3.8, 4) is 0 Å².